The van der Waals surface area contributed by atoms with Crippen LogP contribution in [0, 0.1) is 32.5 Å². The van der Waals surface area contributed by atoms with E-state index in [0.29, 0.717) is 32.5 Å². The van der Waals surface area contributed by atoms with Crippen molar-refractivity contribution < 1.29 is 0 Å². The van der Waals surface area contributed by atoms with E-state index in [4.69, 9.17) is 0 Å². The Morgan fingerprint density at radius 2 is 0.538 bits per heavy atom. The van der Waals surface area contributed by atoms with Gasteiger partial charge in [-0.1, -0.05) is 168 Å². The SMILES string of the molecule is CC(C)(C)C/C=C/CCC(C)(C)C.CC(C)(C)C/C=C\CCC(C)(C)C.CC(C)(C)CCCCCC(C)(C)C. The van der Waals surface area contributed by atoms with E-state index in [1.165, 1.54) is 70.6 Å². The lowest BCUT2D eigenvalue weighted by atomic mass is 9.86. The molecule has 0 spiro atoms. The van der Waals surface area contributed by atoms with Crippen LogP contribution in [0.15, 0.2) is 24.3 Å². The van der Waals surface area contributed by atoms with E-state index in [-0.39, 0.29) is 0 Å². The molecule has 0 bridgehead atoms. The Balaban J connectivity index is -0.000000498. The third-order valence-corrected chi connectivity index (χ3v) is 6.27. The van der Waals surface area contributed by atoms with Crippen molar-refractivity contribution in [3.63, 3.8) is 0 Å². The summed E-state index contributed by atoms with van der Waals surface area (Å²) in [6.45, 7) is 41.4. The molecule has 0 aromatic heterocycles. The predicted molar refractivity (Wildman–Crippen MR) is 186 cm³/mol. The molecule has 236 valence electrons. The number of unbranched alkanes of at least 4 members (excludes halogenated alkanes) is 2. The summed E-state index contributed by atoms with van der Waals surface area (Å²) < 4.78 is 0. The second kappa shape index (κ2) is 19.6. The average Bonchev–Trinajstić information content (AvgIpc) is 2.62. The molecule has 0 aliphatic carbocycles. The maximum atomic E-state index is 2.33. The van der Waals surface area contributed by atoms with Crippen molar-refractivity contribution in [2.75, 3.05) is 0 Å². The van der Waals surface area contributed by atoms with Gasteiger partial charge in [0.05, 0.1) is 0 Å². The van der Waals surface area contributed by atoms with Gasteiger partial charge in [-0.2, -0.15) is 0 Å². The minimum Gasteiger partial charge on any atom is -0.0885 e. The Hall–Kier alpha value is -0.520. The molecule has 39 heavy (non-hydrogen) atoms. The highest BCUT2D eigenvalue weighted by Crippen LogP contribution is 2.26. The molecule has 0 fully saturated rings. The lowest BCUT2D eigenvalue weighted by Gasteiger charge is -2.20. The first kappa shape index (κ1) is 42.9. The Morgan fingerprint density at radius 1 is 0.282 bits per heavy atom. The average molecular weight is 549 g/mol. The molecule has 0 radical (unpaired) electrons. The molecular formula is C39H80. The van der Waals surface area contributed by atoms with Crippen LogP contribution in [0.4, 0.5) is 0 Å². The van der Waals surface area contributed by atoms with Gasteiger partial charge >= 0.3 is 0 Å². The Labute approximate surface area is 251 Å². The van der Waals surface area contributed by atoms with Crippen LogP contribution < -0.4 is 0 Å². The zero-order chi connectivity index (χ0) is 31.6. The summed E-state index contributed by atoms with van der Waals surface area (Å²) >= 11 is 0. The maximum absolute atomic E-state index is 2.33. The first-order chi connectivity index (χ1) is 17.1. The number of hydrogen-bond donors (Lipinski definition) is 0. The van der Waals surface area contributed by atoms with Gasteiger partial charge in [0.15, 0.2) is 0 Å². The van der Waals surface area contributed by atoms with E-state index < -0.39 is 0 Å². The van der Waals surface area contributed by atoms with Crippen molar-refractivity contribution in [3.05, 3.63) is 24.3 Å². The lowest BCUT2D eigenvalue weighted by Crippen LogP contribution is -2.06. The molecule has 0 aromatic carbocycles. The van der Waals surface area contributed by atoms with Gasteiger partial charge in [0.1, 0.15) is 0 Å². The van der Waals surface area contributed by atoms with Gasteiger partial charge in [-0.15, -0.1) is 0 Å². The van der Waals surface area contributed by atoms with Crippen LogP contribution in [0.1, 0.15) is 195 Å². The molecule has 0 heterocycles. The Kier molecular flexibility index (Phi) is 21.6. The van der Waals surface area contributed by atoms with Crippen molar-refractivity contribution in [1.82, 2.24) is 0 Å². The Bertz CT molecular complexity index is 544. The van der Waals surface area contributed by atoms with Gasteiger partial charge < -0.3 is 0 Å². The summed E-state index contributed by atoms with van der Waals surface area (Å²) in [6.07, 6.45) is 23.7. The van der Waals surface area contributed by atoms with E-state index in [1.807, 2.05) is 0 Å². The van der Waals surface area contributed by atoms with Gasteiger partial charge in [-0.3, -0.25) is 0 Å². The molecule has 0 rings (SSSR count). The molecule has 0 aliphatic heterocycles. The fraction of sp³-hybridized carbons (Fsp3) is 0.897. The third-order valence-electron chi connectivity index (χ3n) is 6.27. The van der Waals surface area contributed by atoms with Crippen LogP contribution in [0.2, 0.25) is 0 Å². The van der Waals surface area contributed by atoms with E-state index in [1.54, 1.807) is 0 Å². The summed E-state index contributed by atoms with van der Waals surface area (Å²) in [4.78, 5) is 0. The summed E-state index contributed by atoms with van der Waals surface area (Å²) in [5.41, 5.74) is 2.90. The zero-order valence-electron chi connectivity index (χ0n) is 31.1. The predicted octanol–water partition coefficient (Wildman–Crippen LogP) is 14.6. The van der Waals surface area contributed by atoms with Crippen LogP contribution in [0.3, 0.4) is 0 Å². The summed E-state index contributed by atoms with van der Waals surface area (Å²) in [5, 5.41) is 0. The van der Waals surface area contributed by atoms with Gasteiger partial charge in [-0.25, -0.2) is 0 Å². The molecule has 0 N–H and O–H groups in total. The smallest absolute Gasteiger partial charge is 0.0302 e. The molecular weight excluding hydrogens is 468 g/mol. The normalized spacial score (nSPS) is 13.8. The standard InChI is InChI=1S/C13H28.2C13H26/c3*1-12(2,3)10-8-7-9-11-13(4,5)6/h7-11H2,1-6H3;2*7-8H,9-11H2,1-6H3/b;8-7+;8-7-. The molecule has 0 aliphatic rings. The van der Waals surface area contributed by atoms with E-state index in [0.717, 1.165) is 0 Å². The number of hydrogen-bond acceptors (Lipinski definition) is 0. The second-order valence-electron chi connectivity index (χ2n) is 19.4. The molecule has 0 unspecified atom stereocenters. The molecule has 0 aromatic rings. The zero-order valence-corrected chi connectivity index (χ0v) is 31.1. The maximum Gasteiger partial charge on any atom is -0.0302 e. The Morgan fingerprint density at radius 3 is 0.744 bits per heavy atom. The van der Waals surface area contributed by atoms with Crippen molar-refractivity contribution >= 4 is 0 Å². The van der Waals surface area contributed by atoms with E-state index in [9.17, 15) is 0 Å². The molecule has 0 saturated carbocycles. The quantitative estimate of drug-likeness (QED) is 0.188. The van der Waals surface area contributed by atoms with E-state index >= 15 is 0 Å². The highest BCUT2D eigenvalue weighted by Gasteiger charge is 2.12. The molecule has 0 saturated heterocycles. The van der Waals surface area contributed by atoms with Crippen LogP contribution >= 0.6 is 0 Å². The second-order valence-corrected chi connectivity index (χ2v) is 19.4. The highest BCUT2D eigenvalue weighted by atomic mass is 14.2. The number of allylic oxidation sites excluding steroid dienone is 4. The summed E-state index contributed by atoms with van der Waals surface area (Å²) in [6, 6.07) is 0. The molecule has 0 atom stereocenters. The van der Waals surface area contributed by atoms with Crippen molar-refractivity contribution in [2.45, 2.75) is 195 Å². The summed E-state index contributed by atoms with van der Waals surface area (Å²) in [7, 11) is 0. The van der Waals surface area contributed by atoms with Crippen LogP contribution in [0.25, 0.3) is 0 Å². The molecule has 0 amide bonds. The van der Waals surface area contributed by atoms with Gasteiger partial charge in [0.25, 0.3) is 0 Å². The van der Waals surface area contributed by atoms with Crippen LogP contribution in [0.5, 0.6) is 0 Å². The topological polar surface area (TPSA) is 0 Å². The van der Waals surface area contributed by atoms with Gasteiger partial charge in [-0.05, 0) is 83.9 Å². The highest BCUT2D eigenvalue weighted by molar-refractivity contribution is 4.87. The minimum atomic E-state index is 0.443. The van der Waals surface area contributed by atoms with Crippen LogP contribution in [-0.4, -0.2) is 0 Å². The lowest BCUT2D eigenvalue weighted by molar-refractivity contribution is 0.330. The third kappa shape index (κ3) is 54.3. The van der Waals surface area contributed by atoms with Crippen molar-refractivity contribution in [3.8, 4) is 0 Å². The summed E-state index contributed by atoms with van der Waals surface area (Å²) in [5.74, 6) is 0. The molecule has 0 nitrogen and oxygen atoms in total. The minimum absolute atomic E-state index is 0.443. The van der Waals surface area contributed by atoms with Crippen molar-refractivity contribution in [1.29, 1.82) is 0 Å². The fourth-order valence-corrected chi connectivity index (χ4v) is 3.63. The van der Waals surface area contributed by atoms with Gasteiger partial charge in [0, 0.05) is 0 Å². The van der Waals surface area contributed by atoms with Gasteiger partial charge in [0.2, 0.25) is 0 Å². The number of rotatable bonds is 10. The van der Waals surface area contributed by atoms with E-state index in [2.05, 4.69) is 149 Å². The molecule has 0 heteroatoms. The monoisotopic (exact) mass is 549 g/mol. The van der Waals surface area contributed by atoms with Crippen molar-refractivity contribution in [2.24, 2.45) is 32.5 Å². The fourth-order valence-electron chi connectivity index (χ4n) is 3.63. The first-order valence-electron chi connectivity index (χ1n) is 16.4. The van der Waals surface area contributed by atoms with Crippen LogP contribution in [-0.2, 0) is 0 Å². The largest absolute Gasteiger partial charge is 0.0885 e. The first-order valence-corrected chi connectivity index (χ1v) is 16.4.